The number of carbonyl (C=O) groups is 1. The Labute approximate surface area is 170 Å². The van der Waals surface area contributed by atoms with Crippen molar-refractivity contribution in [3.63, 3.8) is 0 Å². The molecule has 5 nitrogen and oxygen atoms in total. The number of fused-ring (bicyclic) bond motifs is 1. The number of benzene rings is 3. The molecule has 28 heavy (non-hydrogen) atoms. The van der Waals surface area contributed by atoms with Gasteiger partial charge in [-0.3, -0.25) is 10.1 Å². The SMILES string of the molecule is COc1cccc(C)c1C(=O)Nc1nnc(-c2ccc(Cl)c3ccccc23)s1. The highest BCUT2D eigenvalue weighted by molar-refractivity contribution is 7.18. The van der Waals surface area contributed by atoms with Gasteiger partial charge in [-0.25, -0.2) is 0 Å². The van der Waals surface area contributed by atoms with Crippen LogP contribution in [0.1, 0.15) is 15.9 Å². The summed E-state index contributed by atoms with van der Waals surface area (Å²) in [7, 11) is 1.54. The lowest BCUT2D eigenvalue weighted by molar-refractivity contribution is 0.102. The van der Waals surface area contributed by atoms with Crippen LogP contribution in [0.2, 0.25) is 5.02 Å². The third-order valence-electron chi connectivity index (χ3n) is 4.43. The molecule has 0 aliphatic heterocycles. The molecule has 3 aromatic carbocycles. The Morgan fingerprint density at radius 2 is 1.82 bits per heavy atom. The van der Waals surface area contributed by atoms with Gasteiger partial charge < -0.3 is 4.74 Å². The van der Waals surface area contributed by atoms with Crippen LogP contribution in [0.15, 0.2) is 54.6 Å². The summed E-state index contributed by atoms with van der Waals surface area (Å²) in [5.74, 6) is 0.240. The van der Waals surface area contributed by atoms with Gasteiger partial charge in [-0.1, -0.05) is 59.3 Å². The third-order valence-corrected chi connectivity index (χ3v) is 5.63. The number of nitrogens with one attached hydrogen (secondary N) is 1. The molecule has 4 rings (SSSR count). The van der Waals surface area contributed by atoms with Crippen LogP contribution in [-0.4, -0.2) is 23.2 Å². The van der Waals surface area contributed by atoms with Crippen LogP contribution in [0.3, 0.4) is 0 Å². The summed E-state index contributed by atoms with van der Waals surface area (Å²) >= 11 is 7.61. The summed E-state index contributed by atoms with van der Waals surface area (Å²) < 4.78 is 5.31. The minimum absolute atomic E-state index is 0.279. The minimum Gasteiger partial charge on any atom is -0.496 e. The van der Waals surface area contributed by atoms with E-state index in [2.05, 4.69) is 15.5 Å². The zero-order valence-corrected chi connectivity index (χ0v) is 16.8. The highest BCUT2D eigenvalue weighted by Crippen LogP contribution is 2.35. The van der Waals surface area contributed by atoms with Crippen molar-refractivity contribution in [3.05, 3.63) is 70.7 Å². The molecule has 7 heteroatoms. The Morgan fingerprint density at radius 3 is 2.61 bits per heavy atom. The first-order valence-corrected chi connectivity index (χ1v) is 9.74. The number of methoxy groups -OCH3 is 1. The van der Waals surface area contributed by atoms with Crippen molar-refractivity contribution in [2.75, 3.05) is 12.4 Å². The fourth-order valence-corrected chi connectivity index (χ4v) is 4.10. The summed E-state index contributed by atoms with van der Waals surface area (Å²) in [5, 5.41) is 15.0. The molecule has 0 aliphatic rings. The molecule has 1 amide bonds. The van der Waals surface area contributed by atoms with E-state index in [0.29, 0.717) is 26.5 Å². The summed E-state index contributed by atoms with van der Waals surface area (Å²) in [5.41, 5.74) is 2.23. The minimum atomic E-state index is -0.279. The van der Waals surface area contributed by atoms with E-state index in [9.17, 15) is 4.79 Å². The van der Waals surface area contributed by atoms with Gasteiger partial charge in [0, 0.05) is 16.0 Å². The van der Waals surface area contributed by atoms with Crippen molar-refractivity contribution < 1.29 is 9.53 Å². The van der Waals surface area contributed by atoms with Crippen molar-refractivity contribution in [3.8, 4) is 16.3 Å². The molecule has 140 valence electrons. The molecule has 1 N–H and O–H groups in total. The molecule has 0 aliphatic carbocycles. The van der Waals surface area contributed by atoms with Crippen molar-refractivity contribution in [1.82, 2.24) is 10.2 Å². The lowest BCUT2D eigenvalue weighted by Crippen LogP contribution is -2.14. The Bertz CT molecular complexity index is 1190. The predicted molar refractivity (Wildman–Crippen MR) is 114 cm³/mol. The van der Waals surface area contributed by atoms with Crippen molar-refractivity contribution in [2.45, 2.75) is 6.92 Å². The number of ether oxygens (including phenoxy) is 1. The summed E-state index contributed by atoms with van der Waals surface area (Å²) in [6.07, 6.45) is 0. The zero-order chi connectivity index (χ0) is 19.7. The molecule has 0 unspecified atom stereocenters. The van der Waals surface area contributed by atoms with Gasteiger partial charge in [0.05, 0.1) is 12.7 Å². The molecule has 0 atom stereocenters. The van der Waals surface area contributed by atoms with Crippen LogP contribution in [0.5, 0.6) is 5.75 Å². The predicted octanol–water partition coefficient (Wildman–Crippen LogP) is 5.58. The number of nitrogens with zero attached hydrogens (tertiary/aromatic N) is 2. The van der Waals surface area contributed by atoms with E-state index in [1.807, 2.05) is 55.5 Å². The summed E-state index contributed by atoms with van der Waals surface area (Å²) in [6.45, 7) is 1.86. The second-order valence-electron chi connectivity index (χ2n) is 6.16. The van der Waals surface area contributed by atoms with Crippen molar-refractivity contribution in [1.29, 1.82) is 0 Å². The van der Waals surface area contributed by atoms with E-state index in [1.54, 1.807) is 13.2 Å². The van der Waals surface area contributed by atoms with Crippen LogP contribution in [-0.2, 0) is 0 Å². The lowest BCUT2D eigenvalue weighted by Gasteiger charge is -2.10. The van der Waals surface area contributed by atoms with E-state index in [0.717, 1.165) is 21.9 Å². The van der Waals surface area contributed by atoms with Crippen molar-refractivity contribution >= 4 is 44.7 Å². The molecule has 0 saturated carbocycles. The van der Waals surface area contributed by atoms with Gasteiger partial charge in [0.15, 0.2) is 0 Å². The highest BCUT2D eigenvalue weighted by Gasteiger charge is 2.18. The molecule has 0 saturated heterocycles. The standard InChI is InChI=1S/C21H16ClN3O2S/c1-12-6-5-9-17(27-2)18(12)19(26)23-21-25-24-20(28-21)15-10-11-16(22)14-8-4-3-7-13(14)15/h3-11H,1-2H3,(H,23,25,26). The topological polar surface area (TPSA) is 64.1 Å². The number of halogens is 1. The molecule has 0 spiro atoms. The first kappa shape index (κ1) is 18.4. The number of hydrogen-bond donors (Lipinski definition) is 1. The molecular formula is C21H16ClN3O2S. The fourth-order valence-electron chi connectivity index (χ4n) is 3.09. The largest absolute Gasteiger partial charge is 0.496 e. The first-order chi connectivity index (χ1) is 13.6. The molecule has 4 aromatic rings. The van der Waals surface area contributed by atoms with Gasteiger partial charge >= 0.3 is 0 Å². The lowest BCUT2D eigenvalue weighted by atomic mass is 10.1. The fraction of sp³-hybridized carbons (Fsp3) is 0.0952. The van der Waals surface area contributed by atoms with Crippen LogP contribution in [0.25, 0.3) is 21.3 Å². The average molecular weight is 410 g/mol. The Kier molecular flexibility index (Phi) is 4.98. The Balaban J connectivity index is 1.67. The van der Waals surface area contributed by atoms with Gasteiger partial charge in [0.25, 0.3) is 5.91 Å². The van der Waals surface area contributed by atoms with Crippen LogP contribution >= 0.6 is 22.9 Å². The summed E-state index contributed by atoms with van der Waals surface area (Å²) in [4.78, 5) is 12.7. The molecule has 0 fully saturated rings. The quantitative estimate of drug-likeness (QED) is 0.477. The zero-order valence-electron chi connectivity index (χ0n) is 15.2. The summed E-state index contributed by atoms with van der Waals surface area (Å²) in [6, 6.07) is 17.1. The van der Waals surface area contributed by atoms with E-state index in [-0.39, 0.29) is 5.91 Å². The Morgan fingerprint density at radius 1 is 1.04 bits per heavy atom. The first-order valence-electron chi connectivity index (χ1n) is 8.54. The van der Waals surface area contributed by atoms with Crippen molar-refractivity contribution in [2.24, 2.45) is 0 Å². The number of aromatic nitrogens is 2. The number of amides is 1. The van der Waals surface area contributed by atoms with Crippen LogP contribution in [0.4, 0.5) is 5.13 Å². The van der Waals surface area contributed by atoms with Gasteiger partial charge in [-0.15, -0.1) is 10.2 Å². The van der Waals surface area contributed by atoms with E-state index in [4.69, 9.17) is 16.3 Å². The maximum Gasteiger partial charge on any atom is 0.261 e. The second kappa shape index (κ2) is 7.58. The molecule has 1 heterocycles. The third kappa shape index (κ3) is 3.32. The maximum absolute atomic E-state index is 12.7. The highest BCUT2D eigenvalue weighted by atomic mass is 35.5. The van der Waals surface area contributed by atoms with E-state index < -0.39 is 0 Å². The number of rotatable bonds is 4. The van der Waals surface area contributed by atoms with Crippen LogP contribution < -0.4 is 10.1 Å². The van der Waals surface area contributed by atoms with Crippen LogP contribution in [0, 0.1) is 6.92 Å². The number of hydrogen-bond acceptors (Lipinski definition) is 5. The number of carbonyl (C=O) groups excluding carboxylic acids is 1. The van der Waals surface area contributed by atoms with E-state index >= 15 is 0 Å². The van der Waals surface area contributed by atoms with E-state index in [1.165, 1.54) is 11.3 Å². The monoisotopic (exact) mass is 409 g/mol. The molecule has 0 radical (unpaired) electrons. The molecule has 1 aromatic heterocycles. The van der Waals surface area contributed by atoms with Gasteiger partial charge in [0.1, 0.15) is 10.8 Å². The Hall–Kier alpha value is -2.96. The number of aryl methyl sites for hydroxylation is 1. The second-order valence-corrected chi connectivity index (χ2v) is 7.54. The van der Waals surface area contributed by atoms with Gasteiger partial charge in [-0.05, 0) is 36.1 Å². The van der Waals surface area contributed by atoms with Gasteiger partial charge in [0.2, 0.25) is 5.13 Å². The smallest absolute Gasteiger partial charge is 0.261 e. The maximum atomic E-state index is 12.7. The normalized spacial score (nSPS) is 10.8. The molecule has 0 bridgehead atoms. The molecular weight excluding hydrogens is 394 g/mol. The average Bonchev–Trinajstić information content (AvgIpc) is 3.16. The number of anilines is 1. The van der Waals surface area contributed by atoms with Gasteiger partial charge in [-0.2, -0.15) is 0 Å².